The first kappa shape index (κ1) is 20.8. The first-order valence-corrected chi connectivity index (χ1v) is 10.5. The van der Waals surface area contributed by atoms with Crippen molar-refractivity contribution in [3.63, 3.8) is 0 Å². The fourth-order valence-corrected chi connectivity index (χ4v) is 3.70. The lowest BCUT2D eigenvalue weighted by Gasteiger charge is -2.16. The minimum atomic E-state index is -0.191. The third-order valence-corrected chi connectivity index (χ3v) is 5.17. The summed E-state index contributed by atoms with van der Waals surface area (Å²) in [6.07, 6.45) is 0.758. The van der Waals surface area contributed by atoms with E-state index in [2.05, 4.69) is 16.0 Å². The Kier molecular flexibility index (Phi) is 7.55. The summed E-state index contributed by atoms with van der Waals surface area (Å²) >= 11 is 1.64. The molecule has 2 N–H and O–H groups in total. The number of nitrogens with one attached hydrogen (secondary N) is 2. The van der Waals surface area contributed by atoms with E-state index < -0.39 is 0 Å². The molecule has 29 heavy (non-hydrogen) atoms. The minimum absolute atomic E-state index is 0.146. The van der Waals surface area contributed by atoms with Gasteiger partial charge in [0, 0.05) is 13.1 Å². The maximum Gasteiger partial charge on any atom is 0.253 e. The van der Waals surface area contributed by atoms with E-state index in [9.17, 15) is 9.59 Å². The van der Waals surface area contributed by atoms with Crippen molar-refractivity contribution in [2.75, 3.05) is 25.5 Å². The van der Waals surface area contributed by atoms with Crippen molar-refractivity contribution >= 4 is 28.8 Å². The van der Waals surface area contributed by atoms with E-state index in [1.165, 1.54) is 11.1 Å². The number of benzene rings is 2. The summed E-state index contributed by atoms with van der Waals surface area (Å²) in [4.78, 5) is 27.0. The molecule has 0 unspecified atom stereocenters. The van der Waals surface area contributed by atoms with Crippen molar-refractivity contribution in [2.45, 2.75) is 13.0 Å². The number of thiophene rings is 1. The van der Waals surface area contributed by atoms with E-state index in [0.29, 0.717) is 24.3 Å². The van der Waals surface area contributed by atoms with E-state index in [-0.39, 0.29) is 18.4 Å². The summed E-state index contributed by atoms with van der Waals surface area (Å²) in [7, 11) is 1.90. The standard InChI is InChI=1S/C23H25N3O2S/c1-26(15-19-12-14-29-17-19)16-22(27)25-21-10-6-5-9-20(21)23(28)24-13-11-18-7-3-2-4-8-18/h2-10,12,14,17H,11,13,15-16H2,1H3,(H,24,28)(H,25,27). The number of rotatable bonds is 9. The third kappa shape index (κ3) is 6.55. The van der Waals surface area contributed by atoms with Gasteiger partial charge in [-0.25, -0.2) is 0 Å². The molecule has 0 radical (unpaired) electrons. The Morgan fingerprint density at radius 3 is 2.48 bits per heavy atom. The molecule has 0 spiro atoms. The molecule has 0 aliphatic rings. The van der Waals surface area contributed by atoms with Crippen LogP contribution in [0.4, 0.5) is 5.69 Å². The number of carbonyl (C=O) groups is 2. The highest BCUT2D eigenvalue weighted by atomic mass is 32.1. The number of carbonyl (C=O) groups excluding carboxylic acids is 2. The molecule has 3 aromatic rings. The Bertz CT molecular complexity index is 926. The van der Waals surface area contributed by atoms with Gasteiger partial charge >= 0.3 is 0 Å². The van der Waals surface area contributed by atoms with E-state index in [0.717, 1.165) is 6.42 Å². The molecular formula is C23H25N3O2S. The Balaban J connectivity index is 1.53. The molecule has 0 saturated carbocycles. The van der Waals surface area contributed by atoms with Crippen LogP contribution in [-0.2, 0) is 17.8 Å². The number of para-hydroxylation sites is 1. The largest absolute Gasteiger partial charge is 0.352 e. The molecular weight excluding hydrogens is 382 g/mol. The highest BCUT2D eigenvalue weighted by Gasteiger charge is 2.14. The van der Waals surface area contributed by atoms with Crippen molar-refractivity contribution in [1.82, 2.24) is 10.2 Å². The highest BCUT2D eigenvalue weighted by Crippen LogP contribution is 2.15. The molecule has 1 aromatic heterocycles. The van der Waals surface area contributed by atoms with Crippen LogP contribution in [0, 0.1) is 0 Å². The Morgan fingerprint density at radius 2 is 1.72 bits per heavy atom. The molecule has 0 bridgehead atoms. The molecule has 2 amide bonds. The number of anilines is 1. The zero-order chi connectivity index (χ0) is 20.5. The van der Waals surface area contributed by atoms with Gasteiger partial charge in [0.15, 0.2) is 0 Å². The van der Waals surface area contributed by atoms with Gasteiger partial charge in [-0.05, 0) is 53.6 Å². The lowest BCUT2D eigenvalue weighted by atomic mass is 10.1. The molecule has 2 aromatic carbocycles. The summed E-state index contributed by atoms with van der Waals surface area (Å²) in [5.41, 5.74) is 3.35. The molecule has 6 heteroatoms. The van der Waals surface area contributed by atoms with Gasteiger partial charge < -0.3 is 10.6 Å². The number of hydrogen-bond acceptors (Lipinski definition) is 4. The summed E-state index contributed by atoms with van der Waals surface area (Å²) in [5.74, 6) is -0.337. The van der Waals surface area contributed by atoms with E-state index in [4.69, 9.17) is 0 Å². The lowest BCUT2D eigenvalue weighted by Crippen LogP contribution is -2.31. The van der Waals surface area contributed by atoms with Crippen molar-refractivity contribution in [2.24, 2.45) is 0 Å². The number of likely N-dealkylation sites (N-methyl/N-ethyl adjacent to an activating group) is 1. The Morgan fingerprint density at radius 1 is 0.966 bits per heavy atom. The molecule has 0 saturated heterocycles. The first-order valence-electron chi connectivity index (χ1n) is 9.52. The van der Waals surface area contributed by atoms with E-state index in [1.54, 1.807) is 29.5 Å². The van der Waals surface area contributed by atoms with E-state index >= 15 is 0 Å². The van der Waals surface area contributed by atoms with Crippen LogP contribution in [0.15, 0.2) is 71.4 Å². The third-order valence-electron chi connectivity index (χ3n) is 4.43. The summed E-state index contributed by atoms with van der Waals surface area (Å²) in [6.45, 7) is 1.49. The molecule has 0 aliphatic carbocycles. The SMILES string of the molecule is CN(CC(=O)Nc1ccccc1C(=O)NCCc1ccccc1)Cc1ccsc1. The minimum Gasteiger partial charge on any atom is -0.352 e. The second-order valence-corrected chi connectivity index (χ2v) is 7.67. The molecule has 0 aliphatic heterocycles. The average Bonchev–Trinajstić information content (AvgIpc) is 3.22. The zero-order valence-electron chi connectivity index (χ0n) is 16.4. The van der Waals surface area contributed by atoms with Gasteiger partial charge in [-0.1, -0.05) is 42.5 Å². The predicted molar refractivity (Wildman–Crippen MR) is 118 cm³/mol. The normalized spacial score (nSPS) is 10.7. The van der Waals surface area contributed by atoms with E-state index in [1.807, 2.05) is 59.8 Å². The van der Waals surface area contributed by atoms with Crippen molar-refractivity contribution in [3.8, 4) is 0 Å². The first-order chi connectivity index (χ1) is 14.1. The van der Waals surface area contributed by atoms with Crippen LogP contribution in [0.3, 0.4) is 0 Å². The Hall–Kier alpha value is -2.96. The smallest absolute Gasteiger partial charge is 0.253 e. The summed E-state index contributed by atoms with van der Waals surface area (Å²) in [6, 6.07) is 19.1. The van der Waals surface area contributed by atoms with Gasteiger partial charge in [0.25, 0.3) is 5.91 Å². The molecule has 5 nitrogen and oxygen atoms in total. The average molecular weight is 408 g/mol. The fourth-order valence-electron chi connectivity index (χ4n) is 3.04. The van der Waals surface area contributed by atoms with Gasteiger partial charge in [-0.15, -0.1) is 0 Å². The molecule has 150 valence electrons. The Labute approximate surface area is 175 Å². The molecule has 1 heterocycles. The number of amides is 2. The quantitative estimate of drug-likeness (QED) is 0.567. The fraction of sp³-hybridized carbons (Fsp3) is 0.217. The van der Waals surface area contributed by atoms with Gasteiger partial charge in [0.1, 0.15) is 0 Å². The van der Waals surface area contributed by atoms with Crippen LogP contribution in [-0.4, -0.2) is 36.9 Å². The van der Waals surface area contributed by atoms with Crippen LogP contribution >= 0.6 is 11.3 Å². The van der Waals surface area contributed by atoms with Gasteiger partial charge in [-0.3, -0.25) is 14.5 Å². The predicted octanol–water partition coefficient (Wildman–Crippen LogP) is 3.79. The van der Waals surface area contributed by atoms with Crippen LogP contribution in [0.1, 0.15) is 21.5 Å². The van der Waals surface area contributed by atoms with Crippen molar-refractivity contribution in [3.05, 3.63) is 88.1 Å². The monoisotopic (exact) mass is 407 g/mol. The number of nitrogens with zero attached hydrogens (tertiary/aromatic N) is 1. The van der Waals surface area contributed by atoms with Crippen molar-refractivity contribution < 1.29 is 9.59 Å². The second-order valence-electron chi connectivity index (χ2n) is 6.89. The van der Waals surface area contributed by atoms with Crippen LogP contribution < -0.4 is 10.6 Å². The van der Waals surface area contributed by atoms with Crippen LogP contribution in [0.5, 0.6) is 0 Å². The molecule has 0 fully saturated rings. The van der Waals surface area contributed by atoms with Gasteiger partial charge in [0.2, 0.25) is 5.91 Å². The summed E-state index contributed by atoms with van der Waals surface area (Å²) < 4.78 is 0. The molecule has 0 atom stereocenters. The molecule has 3 rings (SSSR count). The second kappa shape index (κ2) is 10.5. The number of hydrogen-bond donors (Lipinski definition) is 2. The topological polar surface area (TPSA) is 61.4 Å². The van der Waals surface area contributed by atoms with Gasteiger partial charge in [-0.2, -0.15) is 11.3 Å². The zero-order valence-corrected chi connectivity index (χ0v) is 17.2. The highest BCUT2D eigenvalue weighted by molar-refractivity contribution is 7.07. The van der Waals surface area contributed by atoms with Crippen LogP contribution in [0.2, 0.25) is 0 Å². The maximum atomic E-state index is 12.6. The summed E-state index contributed by atoms with van der Waals surface area (Å²) in [5, 5.41) is 9.90. The van der Waals surface area contributed by atoms with Crippen molar-refractivity contribution in [1.29, 1.82) is 0 Å². The maximum absolute atomic E-state index is 12.6. The van der Waals surface area contributed by atoms with Crippen LogP contribution in [0.25, 0.3) is 0 Å². The lowest BCUT2D eigenvalue weighted by molar-refractivity contribution is -0.117. The van der Waals surface area contributed by atoms with Gasteiger partial charge in [0.05, 0.1) is 17.8 Å².